The average molecular weight is 278 g/mol. The zero-order valence-electron chi connectivity index (χ0n) is 11.5. The van der Waals surface area contributed by atoms with Crippen LogP contribution in [0.3, 0.4) is 0 Å². The highest BCUT2D eigenvalue weighted by Gasteiger charge is 2.28. The van der Waals surface area contributed by atoms with E-state index < -0.39 is 11.5 Å². The van der Waals surface area contributed by atoms with E-state index in [1.54, 1.807) is 32.2 Å². The van der Waals surface area contributed by atoms with Gasteiger partial charge < -0.3 is 20.5 Å². The predicted molar refractivity (Wildman–Crippen MR) is 73.8 cm³/mol. The van der Waals surface area contributed by atoms with Crippen molar-refractivity contribution >= 4 is 17.6 Å². The van der Waals surface area contributed by atoms with Crippen LogP contribution in [0.4, 0.5) is 5.69 Å². The molecular weight excluding hydrogens is 260 g/mol. The Morgan fingerprint density at radius 3 is 2.90 bits per heavy atom. The summed E-state index contributed by atoms with van der Waals surface area (Å²) >= 11 is 0. The van der Waals surface area contributed by atoms with Crippen LogP contribution in [-0.4, -0.2) is 30.6 Å². The van der Waals surface area contributed by atoms with E-state index in [2.05, 4.69) is 0 Å². The number of anilines is 1. The van der Waals surface area contributed by atoms with E-state index in [-0.39, 0.29) is 12.3 Å². The fourth-order valence-electron chi connectivity index (χ4n) is 2.22. The molecule has 3 N–H and O–H groups in total. The zero-order chi connectivity index (χ0) is 14.9. The number of carbonyl (C=O) groups excluding carboxylic acids is 1. The Morgan fingerprint density at radius 1 is 1.55 bits per heavy atom. The highest BCUT2D eigenvalue weighted by Crippen LogP contribution is 2.34. The Labute approximate surface area is 117 Å². The van der Waals surface area contributed by atoms with E-state index in [9.17, 15) is 9.59 Å². The van der Waals surface area contributed by atoms with Gasteiger partial charge in [0.1, 0.15) is 5.75 Å². The number of carbonyl (C=O) groups is 2. The molecule has 0 saturated heterocycles. The molecule has 0 spiro atoms. The highest BCUT2D eigenvalue weighted by molar-refractivity contribution is 5.95. The first kappa shape index (κ1) is 14.3. The molecule has 1 aliphatic heterocycles. The largest absolute Gasteiger partial charge is 0.491 e. The van der Waals surface area contributed by atoms with Crippen molar-refractivity contribution < 1.29 is 19.4 Å². The molecule has 1 heterocycles. The van der Waals surface area contributed by atoms with Crippen molar-refractivity contribution in [1.82, 2.24) is 0 Å². The average Bonchev–Trinajstić information content (AvgIpc) is 2.48. The Bertz CT molecular complexity index is 554. The predicted octanol–water partition coefficient (Wildman–Crippen LogP) is 1.08. The number of aliphatic carboxylic acids is 1. The summed E-state index contributed by atoms with van der Waals surface area (Å²) in [7, 11) is 1.67. The molecule has 1 unspecified atom stereocenters. The molecular formula is C14H18N2O4. The van der Waals surface area contributed by atoms with Crippen LogP contribution in [0.5, 0.6) is 5.75 Å². The summed E-state index contributed by atoms with van der Waals surface area (Å²) in [6.07, 6.45) is 0.125. The van der Waals surface area contributed by atoms with E-state index in [0.29, 0.717) is 30.0 Å². The second kappa shape index (κ2) is 5.13. The van der Waals surface area contributed by atoms with Crippen LogP contribution in [0.15, 0.2) is 18.2 Å². The highest BCUT2D eigenvalue weighted by atomic mass is 16.5. The van der Waals surface area contributed by atoms with Crippen molar-refractivity contribution in [3.05, 3.63) is 23.8 Å². The lowest BCUT2D eigenvalue weighted by atomic mass is 9.89. The standard InChI is InChI=1S/C14H18N2O4/c1-14(15,8-13(18)19)9-3-4-11-10(7-9)16(2)12(17)5-6-20-11/h3-4,7H,5-6,8,15H2,1-2H3,(H,18,19). The zero-order valence-corrected chi connectivity index (χ0v) is 11.5. The number of ether oxygens (including phenoxy) is 1. The molecule has 1 amide bonds. The van der Waals surface area contributed by atoms with Crippen LogP contribution in [-0.2, 0) is 15.1 Å². The smallest absolute Gasteiger partial charge is 0.305 e. The second-order valence-corrected chi connectivity index (χ2v) is 5.22. The van der Waals surface area contributed by atoms with Gasteiger partial charge in [-0.2, -0.15) is 0 Å². The van der Waals surface area contributed by atoms with Gasteiger partial charge in [-0.05, 0) is 24.6 Å². The number of nitrogens with zero attached hydrogens (tertiary/aromatic N) is 1. The maximum Gasteiger partial charge on any atom is 0.305 e. The van der Waals surface area contributed by atoms with Crippen LogP contribution in [0, 0.1) is 0 Å². The number of rotatable bonds is 3. The lowest BCUT2D eigenvalue weighted by Crippen LogP contribution is -2.36. The summed E-state index contributed by atoms with van der Waals surface area (Å²) in [6.45, 7) is 1.99. The van der Waals surface area contributed by atoms with Gasteiger partial charge in [0.15, 0.2) is 0 Å². The third kappa shape index (κ3) is 2.75. The molecule has 20 heavy (non-hydrogen) atoms. The SMILES string of the molecule is CN1C(=O)CCOc2ccc(C(C)(N)CC(=O)O)cc21. The van der Waals surface area contributed by atoms with E-state index in [0.717, 1.165) is 0 Å². The number of nitrogens with two attached hydrogens (primary N) is 1. The molecule has 1 aliphatic rings. The van der Waals surface area contributed by atoms with Crippen molar-refractivity contribution in [2.45, 2.75) is 25.3 Å². The molecule has 0 aromatic heterocycles. The molecule has 6 heteroatoms. The summed E-state index contributed by atoms with van der Waals surface area (Å²) in [6, 6.07) is 5.19. The molecule has 2 rings (SSSR count). The van der Waals surface area contributed by atoms with Crippen molar-refractivity contribution in [2.75, 3.05) is 18.6 Å². The summed E-state index contributed by atoms with van der Waals surface area (Å²) in [5.41, 5.74) is 6.34. The summed E-state index contributed by atoms with van der Waals surface area (Å²) in [4.78, 5) is 24.2. The van der Waals surface area contributed by atoms with Gasteiger partial charge in [-0.3, -0.25) is 9.59 Å². The van der Waals surface area contributed by atoms with Gasteiger partial charge in [-0.1, -0.05) is 6.07 Å². The first-order chi connectivity index (χ1) is 9.31. The van der Waals surface area contributed by atoms with Crippen LogP contribution in [0.2, 0.25) is 0 Å². The molecule has 0 bridgehead atoms. The van der Waals surface area contributed by atoms with E-state index in [4.69, 9.17) is 15.6 Å². The van der Waals surface area contributed by atoms with Crippen LogP contribution in [0.1, 0.15) is 25.3 Å². The van der Waals surface area contributed by atoms with Gasteiger partial charge >= 0.3 is 5.97 Å². The van der Waals surface area contributed by atoms with Crippen LogP contribution >= 0.6 is 0 Å². The second-order valence-electron chi connectivity index (χ2n) is 5.22. The molecule has 0 fully saturated rings. The number of benzene rings is 1. The number of carboxylic acids is 1. The molecule has 0 saturated carbocycles. The van der Waals surface area contributed by atoms with Crippen molar-refractivity contribution in [3.8, 4) is 5.75 Å². The molecule has 6 nitrogen and oxygen atoms in total. The van der Waals surface area contributed by atoms with Crippen molar-refractivity contribution in [3.63, 3.8) is 0 Å². The maximum absolute atomic E-state index is 11.8. The minimum atomic E-state index is -1.00. The number of hydrogen-bond acceptors (Lipinski definition) is 4. The van der Waals surface area contributed by atoms with Crippen molar-refractivity contribution in [2.24, 2.45) is 5.73 Å². The molecule has 1 aromatic carbocycles. The van der Waals surface area contributed by atoms with Gasteiger partial charge in [0.2, 0.25) is 5.91 Å². The number of hydrogen-bond donors (Lipinski definition) is 2. The van der Waals surface area contributed by atoms with E-state index in [1.165, 1.54) is 4.90 Å². The Kier molecular flexibility index (Phi) is 3.67. The molecule has 1 atom stereocenters. The van der Waals surface area contributed by atoms with Gasteiger partial charge in [-0.15, -0.1) is 0 Å². The topological polar surface area (TPSA) is 92.9 Å². The normalized spacial score (nSPS) is 17.8. The first-order valence-electron chi connectivity index (χ1n) is 6.36. The monoisotopic (exact) mass is 278 g/mol. The molecule has 108 valence electrons. The minimum Gasteiger partial charge on any atom is -0.491 e. The van der Waals surface area contributed by atoms with Gasteiger partial charge in [0.25, 0.3) is 0 Å². The van der Waals surface area contributed by atoms with Gasteiger partial charge in [0, 0.05) is 12.6 Å². The Morgan fingerprint density at radius 2 is 2.25 bits per heavy atom. The van der Waals surface area contributed by atoms with Gasteiger partial charge in [-0.25, -0.2) is 0 Å². The fraction of sp³-hybridized carbons (Fsp3) is 0.429. The number of amides is 1. The third-order valence-corrected chi connectivity index (χ3v) is 3.45. The number of fused-ring (bicyclic) bond motifs is 1. The van der Waals surface area contributed by atoms with Crippen molar-refractivity contribution in [1.29, 1.82) is 0 Å². The first-order valence-corrected chi connectivity index (χ1v) is 6.36. The summed E-state index contributed by atoms with van der Waals surface area (Å²) in [5, 5.41) is 8.92. The Balaban J connectivity index is 2.42. The van der Waals surface area contributed by atoms with Crippen LogP contribution in [0.25, 0.3) is 0 Å². The van der Waals surface area contributed by atoms with E-state index >= 15 is 0 Å². The Hall–Kier alpha value is -2.08. The summed E-state index contributed by atoms with van der Waals surface area (Å²) in [5.74, 6) is -0.406. The minimum absolute atomic E-state index is 0.0436. The molecule has 0 radical (unpaired) electrons. The fourth-order valence-corrected chi connectivity index (χ4v) is 2.22. The van der Waals surface area contributed by atoms with Crippen LogP contribution < -0.4 is 15.4 Å². The quantitative estimate of drug-likeness (QED) is 0.863. The summed E-state index contributed by atoms with van der Waals surface area (Å²) < 4.78 is 5.52. The third-order valence-electron chi connectivity index (χ3n) is 3.45. The van der Waals surface area contributed by atoms with Gasteiger partial charge in [0.05, 0.1) is 25.1 Å². The lowest BCUT2D eigenvalue weighted by Gasteiger charge is -2.25. The lowest BCUT2D eigenvalue weighted by molar-refractivity contribution is -0.138. The molecule has 0 aliphatic carbocycles. The number of carboxylic acid groups (broad SMARTS) is 1. The maximum atomic E-state index is 11.8. The molecule has 1 aromatic rings. The van der Waals surface area contributed by atoms with E-state index in [1.807, 2.05) is 0 Å².